The van der Waals surface area contributed by atoms with E-state index >= 15 is 0 Å². The molecule has 0 N–H and O–H groups in total. The number of carbonyl (C=O) groups is 2. The van der Waals surface area contributed by atoms with Gasteiger partial charge in [-0.2, -0.15) is 0 Å². The molecular formula is C25H29N3O3. The third-order valence-corrected chi connectivity index (χ3v) is 5.77. The van der Waals surface area contributed by atoms with E-state index in [0.717, 1.165) is 29.9 Å². The fourth-order valence-corrected chi connectivity index (χ4v) is 3.77. The van der Waals surface area contributed by atoms with Gasteiger partial charge in [0.2, 0.25) is 11.8 Å². The Morgan fingerprint density at radius 1 is 1.00 bits per heavy atom. The second kappa shape index (κ2) is 9.69. The van der Waals surface area contributed by atoms with Gasteiger partial charge in [-0.1, -0.05) is 30.3 Å². The lowest BCUT2D eigenvalue weighted by molar-refractivity contribution is -0.142. The van der Waals surface area contributed by atoms with Crippen LogP contribution in [0.15, 0.2) is 71.5 Å². The first-order valence-corrected chi connectivity index (χ1v) is 10.8. The number of benzene rings is 1. The third-order valence-electron chi connectivity index (χ3n) is 5.77. The van der Waals surface area contributed by atoms with Gasteiger partial charge in [-0.25, -0.2) is 0 Å². The van der Waals surface area contributed by atoms with E-state index in [1.54, 1.807) is 16.1 Å². The summed E-state index contributed by atoms with van der Waals surface area (Å²) in [6.45, 7) is 0.969. The highest BCUT2D eigenvalue weighted by atomic mass is 16.3. The van der Waals surface area contributed by atoms with Crippen LogP contribution in [0.3, 0.4) is 0 Å². The molecule has 0 atom stereocenters. The van der Waals surface area contributed by atoms with Crippen LogP contribution in [0.2, 0.25) is 0 Å². The Bertz CT molecular complexity index is 990. The van der Waals surface area contributed by atoms with Gasteiger partial charge in [-0.05, 0) is 49.1 Å². The van der Waals surface area contributed by atoms with Gasteiger partial charge in [0.15, 0.2) is 0 Å². The minimum atomic E-state index is -0.0578. The molecule has 31 heavy (non-hydrogen) atoms. The van der Waals surface area contributed by atoms with Crippen molar-refractivity contribution in [1.29, 1.82) is 0 Å². The van der Waals surface area contributed by atoms with Crippen LogP contribution in [0.4, 0.5) is 0 Å². The minimum absolute atomic E-state index is 0.0523. The van der Waals surface area contributed by atoms with Gasteiger partial charge < -0.3 is 18.8 Å². The lowest BCUT2D eigenvalue weighted by Gasteiger charge is -2.27. The van der Waals surface area contributed by atoms with E-state index in [9.17, 15) is 9.59 Å². The topological polar surface area (TPSA) is 58.7 Å². The first kappa shape index (κ1) is 21.0. The molecule has 0 unspecified atom stereocenters. The lowest BCUT2D eigenvalue weighted by atomic mass is 10.1. The van der Waals surface area contributed by atoms with Crippen molar-refractivity contribution in [2.75, 3.05) is 6.54 Å². The summed E-state index contributed by atoms with van der Waals surface area (Å²) in [4.78, 5) is 29.8. The normalized spacial score (nSPS) is 13.2. The van der Waals surface area contributed by atoms with Crippen LogP contribution in [-0.2, 0) is 36.1 Å². The second-order valence-electron chi connectivity index (χ2n) is 8.18. The fraction of sp³-hybridized carbons (Fsp3) is 0.360. The quantitative estimate of drug-likeness (QED) is 0.503. The number of hydrogen-bond donors (Lipinski definition) is 0. The zero-order valence-electron chi connectivity index (χ0n) is 17.9. The molecule has 162 valence electrons. The van der Waals surface area contributed by atoms with Crippen molar-refractivity contribution in [3.8, 4) is 0 Å². The molecule has 0 spiro atoms. The monoisotopic (exact) mass is 419 g/mol. The number of amides is 2. The molecule has 1 saturated carbocycles. The van der Waals surface area contributed by atoms with Gasteiger partial charge in [0.05, 0.1) is 19.4 Å². The van der Waals surface area contributed by atoms with Crippen LogP contribution in [0.25, 0.3) is 0 Å². The van der Waals surface area contributed by atoms with E-state index in [1.807, 2.05) is 72.4 Å². The number of hydrogen-bond acceptors (Lipinski definition) is 3. The Labute approximate surface area is 183 Å². The van der Waals surface area contributed by atoms with Gasteiger partial charge in [0, 0.05) is 31.4 Å². The molecule has 1 aliphatic rings. The molecule has 2 heterocycles. The van der Waals surface area contributed by atoms with E-state index in [1.165, 1.54) is 0 Å². The summed E-state index contributed by atoms with van der Waals surface area (Å²) in [5, 5.41) is 0. The van der Waals surface area contributed by atoms with Gasteiger partial charge in [-0.3, -0.25) is 9.59 Å². The lowest BCUT2D eigenvalue weighted by Crippen LogP contribution is -2.43. The number of furan rings is 1. The zero-order valence-corrected chi connectivity index (χ0v) is 17.9. The molecule has 1 aliphatic carbocycles. The van der Waals surface area contributed by atoms with Crippen molar-refractivity contribution < 1.29 is 14.0 Å². The Balaban J connectivity index is 1.43. The number of nitrogens with zero attached hydrogens (tertiary/aromatic N) is 3. The molecular weight excluding hydrogens is 390 g/mol. The average molecular weight is 420 g/mol. The van der Waals surface area contributed by atoms with E-state index in [4.69, 9.17) is 4.42 Å². The average Bonchev–Trinajstić information content (AvgIpc) is 3.34. The summed E-state index contributed by atoms with van der Waals surface area (Å²) < 4.78 is 7.49. The Morgan fingerprint density at radius 3 is 2.45 bits per heavy atom. The Morgan fingerprint density at radius 2 is 1.81 bits per heavy atom. The highest BCUT2D eigenvalue weighted by Crippen LogP contribution is 2.28. The molecule has 2 aromatic heterocycles. The van der Waals surface area contributed by atoms with E-state index < -0.39 is 0 Å². The second-order valence-corrected chi connectivity index (χ2v) is 8.18. The van der Waals surface area contributed by atoms with Crippen molar-refractivity contribution >= 4 is 11.8 Å². The highest BCUT2D eigenvalue weighted by molar-refractivity contribution is 5.85. The van der Waals surface area contributed by atoms with Gasteiger partial charge in [0.1, 0.15) is 12.3 Å². The maximum absolute atomic E-state index is 13.3. The molecule has 3 aromatic rings. The van der Waals surface area contributed by atoms with Crippen molar-refractivity contribution in [3.05, 3.63) is 84.1 Å². The standard InChI is InChI=1S/C25H29N3O3/c1-26-15-5-9-22(26)17-27(18-23-10-6-16-31-23)25(30)19-28(21-12-13-21)24(29)14-11-20-7-3-2-4-8-20/h2-10,15-16,21H,11-14,17-19H2,1H3. The highest BCUT2D eigenvalue weighted by Gasteiger charge is 2.34. The van der Waals surface area contributed by atoms with Crippen molar-refractivity contribution in [3.63, 3.8) is 0 Å². The molecule has 1 aromatic carbocycles. The summed E-state index contributed by atoms with van der Waals surface area (Å²) in [5.41, 5.74) is 2.18. The summed E-state index contributed by atoms with van der Waals surface area (Å²) >= 11 is 0. The molecule has 0 aliphatic heterocycles. The number of carbonyl (C=O) groups excluding carboxylic acids is 2. The molecule has 0 saturated heterocycles. The number of rotatable bonds is 10. The van der Waals surface area contributed by atoms with Crippen LogP contribution >= 0.6 is 0 Å². The molecule has 6 heteroatoms. The van der Waals surface area contributed by atoms with E-state index in [0.29, 0.717) is 25.9 Å². The maximum atomic E-state index is 13.3. The smallest absolute Gasteiger partial charge is 0.242 e. The predicted molar refractivity (Wildman–Crippen MR) is 118 cm³/mol. The fourth-order valence-electron chi connectivity index (χ4n) is 3.77. The summed E-state index contributed by atoms with van der Waals surface area (Å²) in [6.07, 6.45) is 6.64. The van der Waals surface area contributed by atoms with E-state index in [2.05, 4.69) is 0 Å². The molecule has 4 rings (SSSR count). The van der Waals surface area contributed by atoms with Crippen LogP contribution < -0.4 is 0 Å². The molecule has 1 fully saturated rings. The van der Waals surface area contributed by atoms with Gasteiger partial charge in [-0.15, -0.1) is 0 Å². The minimum Gasteiger partial charge on any atom is -0.467 e. The number of aromatic nitrogens is 1. The SMILES string of the molecule is Cn1cccc1CN(Cc1ccco1)C(=O)CN(C(=O)CCc1ccccc1)C1CC1. The molecule has 0 radical (unpaired) electrons. The summed E-state index contributed by atoms with van der Waals surface area (Å²) in [5.74, 6) is 0.727. The first-order chi connectivity index (χ1) is 15.1. The number of aryl methyl sites for hydroxylation is 2. The van der Waals surface area contributed by atoms with Crippen LogP contribution in [-0.4, -0.2) is 38.8 Å². The molecule has 6 nitrogen and oxygen atoms in total. The summed E-state index contributed by atoms with van der Waals surface area (Å²) in [6, 6.07) is 17.9. The van der Waals surface area contributed by atoms with Crippen LogP contribution in [0.1, 0.15) is 36.3 Å². The zero-order chi connectivity index (χ0) is 21.6. The molecule has 2 amide bonds. The van der Waals surface area contributed by atoms with Crippen molar-refractivity contribution in [2.24, 2.45) is 7.05 Å². The Kier molecular flexibility index (Phi) is 6.55. The largest absolute Gasteiger partial charge is 0.467 e. The first-order valence-electron chi connectivity index (χ1n) is 10.8. The molecule has 0 bridgehead atoms. The Hall–Kier alpha value is -3.28. The van der Waals surface area contributed by atoms with E-state index in [-0.39, 0.29) is 24.4 Å². The van der Waals surface area contributed by atoms with Crippen LogP contribution in [0, 0.1) is 0 Å². The summed E-state index contributed by atoms with van der Waals surface area (Å²) in [7, 11) is 1.97. The van der Waals surface area contributed by atoms with Crippen LogP contribution in [0.5, 0.6) is 0 Å². The van der Waals surface area contributed by atoms with Gasteiger partial charge in [0.25, 0.3) is 0 Å². The maximum Gasteiger partial charge on any atom is 0.242 e. The third kappa shape index (κ3) is 5.66. The predicted octanol–water partition coefficient (Wildman–Crippen LogP) is 3.77. The van der Waals surface area contributed by atoms with Crippen molar-refractivity contribution in [1.82, 2.24) is 14.4 Å². The van der Waals surface area contributed by atoms with Gasteiger partial charge >= 0.3 is 0 Å². The van der Waals surface area contributed by atoms with Crippen molar-refractivity contribution in [2.45, 2.75) is 44.8 Å².